The van der Waals surface area contributed by atoms with Crippen LogP contribution in [0, 0.1) is 12.7 Å². The molecule has 1 saturated heterocycles. The molecule has 2 aromatic carbocycles. The fourth-order valence-corrected chi connectivity index (χ4v) is 3.38. The molecule has 1 heterocycles. The van der Waals surface area contributed by atoms with E-state index in [4.69, 9.17) is 23.2 Å². The molecule has 0 atom stereocenters. The van der Waals surface area contributed by atoms with Crippen LogP contribution in [0.25, 0.3) is 0 Å². The van der Waals surface area contributed by atoms with Crippen molar-refractivity contribution in [3.63, 3.8) is 0 Å². The molecule has 0 unspecified atom stereocenters. The van der Waals surface area contributed by atoms with Gasteiger partial charge in [-0.15, -0.1) is 0 Å². The molecule has 0 aromatic heterocycles. The van der Waals surface area contributed by atoms with Gasteiger partial charge in [0, 0.05) is 47.5 Å². The highest BCUT2D eigenvalue weighted by molar-refractivity contribution is 6.35. The van der Waals surface area contributed by atoms with Crippen molar-refractivity contribution < 1.29 is 14.0 Å². The SMILES string of the molecule is Cc1ccc(C(=O)N2CCN(C(=O)Nc3cc(Cl)cc(Cl)c3)CC2)cc1F. The lowest BCUT2D eigenvalue weighted by Gasteiger charge is -2.34. The molecule has 1 aliphatic rings. The third-order valence-electron chi connectivity index (χ3n) is 4.39. The van der Waals surface area contributed by atoms with Crippen LogP contribution in [-0.4, -0.2) is 47.9 Å². The van der Waals surface area contributed by atoms with Crippen LogP contribution in [0.5, 0.6) is 0 Å². The number of halogens is 3. The number of urea groups is 1. The zero-order valence-corrected chi connectivity index (χ0v) is 16.1. The predicted octanol–water partition coefficient (Wildman–Crippen LogP) is 4.43. The van der Waals surface area contributed by atoms with E-state index in [0.717, 1.165) is 0 Å². The summed E-state index contributed by atoms with van der Waals surface area (Å²) in [6.07, 6.45) is 0. The molecule has 1 aliphatic heterocycles. The minimum Gasteiger partial charge on any atom is -0.335 e. The molecule has 3 rings (SSSR count). The number of nitrogens with zero attached hydrogens (tertiary/aromatic N) is 2. The van der Waals surface area contributed by atoms with Crippen molar-refractivity contribution in [1.82, 2.24) is 9.80 Å². The van der Waals surface area contributed by atoms with Crippen LogP contribution in [0.2, 0.25) is 10.0 Å². The monoisotopic (exact) mass is 409 g/mol. The van der Waals surface area contributed by atoms with Gasteiger partial charge in [0.25, 0.3) is 5.91 Å². The molecule has 5 nitrogen and oxygen atoms in total. The average molecular weight is 410 g/mol. The molecular formula is C19H18Cl2FN3O2. The van der Waals surface area contributed by atoms with E-state index in [1.54, 1.807) is 47.1 Å². The summed E-state index contributed by atoms with van der Waals surface area (Å²) in [7, 11) is 0. The van der Waals surface area contributed by atoms with Crippen molar-refractivity contribution in [2.75, 3.05) is 31.5 Å². The lowest BCUT2D eigenvalue weighted by molar-refractivity contribution is 0.0671. The van der Waals surface area contributed by atoms with Crippen LogP contribution >= 0.6 is 23.2 Å². The summed E-state index contributed by atoms with van der Waals surface area (Å²) in [4.78, 5) is 28.1. The topological polar surface area (TPSA) is 52.7 Å². The van der Waals surface area contributed by atoms with Crippen molar-refractivity contribution in [2.45, 2.75) is 6.92 Å². The van der Waals surface area contributed by atoms with Gasteiger partial charge in [-0.05, 0) is 42.8 Å². The standard InChI is InChI=1S/C19H18Cl2FN3O2/c1-12-2-3-13(8-17(12)22)18(26)24-4-6-25(7-5-24)19(27)23-16-10-14(20)9-15(21)11-16/h2-3,8-11H,4-7H2,1H3,(H,23,27). The molecular weight excluding hydrogens is 392 g/mol. The molecule has 27 heavy (non-hydrogen) atoms. The highest BCUT2D eigenvalue weighted by Crippen LogP contribution is 2.23. The summed E-state index contributed by atoms with van der Waals surface area (Å²) in [6, 6.07) is 8.96. The van der Waals surface area contributed by atoms with E-state index in [9.17, 15) is 14.0 Å². The Labute approximate surface area is 166 Å². The minimum absolute atomic E-state index is 0.240. The fourth-order valence-electron chi connectivity index (χ4n) is 2.85. The first kappa shape index (κ1) is 19.5. The van der Waals surface area contributed by atoms with Crippen molar-refractivity contribution >= 4 is 40.8 Å². The van der Waals surface area contributed by atoms with E-state index in [-0.39, 0.29) is 11.9 Å². The van der Waals surface area contributed by atoms with Gasteiger partial charge in [0.1, 0.15) is 5.82 Å². The first-order valence-electron chi connectivity index (χ1n) is 8.41. The van der Waals surface area contributed by atoms with Gasteiger partial charge in [-0.3, -0.25) is 4.79 Å². The Morgan fingerprint density at radius 1 is 0.963 bits per heavy atom. The smallest absolute Gasteiger partial charge is 0.321 e. The predicted molar refractivity (Wildman–Crippen MR) is 104 cm³/mol. The largest absolute Gasteiger partial charge is 0.335 e. The highest BCUT2D eigenvalue weighted by Gasteiger charge is 2.25. The Morgan fingerprint density at radius 3 is 2.15 bits per heavy atom. The van der Waals surface area contributed by atoms with Gasteiger partial charge in [0.15, 0.2) is 0 Å². The third-order valence-corrected chi connectivity index (χ3v) is 4.82. The summed E-state index contributed by atoms with van der Waals surface area (Å²) in [5.74, 6) is -0.644. The Hall–Kier alpha value is -2.31. The molecule has 0 spiro atoms. The van der Waals surface area contributed by atoms with Crippen molar-refractivity contribution in [1.29, 1.82) is 0 Å². The van der Waals surface area contributed by atoms with E-state index >= 15 is 0 Å². The fraction of sp³-hybridized carbons (Fsp3) is 0.263. The van der Waals surface area contributed by atoms with Crippen molar-refractivity contribution in [3.8, 4) is 0 Å². The number of aryl methyl sites for hydroxylation is 1. The number of hydrogen-bond donors (Lipinski definition) is 1. The van der Waals surface area contributed by atoms with E-state index in [0.29, 0.717) is 53.0 Å². The van der Waals surface area contributed by atoms with E-state index in [2.05, 4.69) is 5.32 Å². The van der Waals surface area contributed by atoms with Crippen molar-refractivity contribution in [3.05, 3.63) is 63.4 Å². The van der Waals surface area contributed by atoms with Crippen LogP contribution in [0.3, 0.4) is 0 Å². The van der Waals surface area contributed by atoms with Crippen LogP contribution in [0.1, 0.15) is 15.9 Å². The number of rotatable bonds is 2. The van der Waals surface area contributed by atoms with Gasteiger partial charge in [0.2, 0.25) is 0 Å². The molecule has 8 heteroatoms. The van der Waals surface area contributed by atoms with Crippen LogP contribution in [0.4, 0.5) is 14.9 Å². The number of hydrogen-bond acceptors (Lipinski definition) is 2. The summed E-state index contributed by atoms with van der Waals surface area (Å²) >= 11 is 11.9. The second kappa shape index (κ2) is 8.15. The Balaban J connectivity index is 1.58. The van der Waals surface area contributed by atoms with Crippen LogP contribution in [0.15, 0.2) is 36.4 Å². The van der Waals surface area contributed by atoms with Gasteiger partial charge < -0.3 is 15.1 Å². The Bertz CT molecular complexity index is 863. The number of carbonyl (C=O) groups excluding carboxylic acids is 2. The Kier molecular flexibility index (Phi) is 5.87. The van der Waals surface area contributed by atoms with E-state index in [1.807, 2.05) is 0 Å². The average Bonchev–Trinajstić information content (AvgIpc) is 2.62. The normalized spacial score (nSPS) is 14.2. The zero-order chi connectivity index (χ0) is 19.6. The molecule has 0 radical (unpaired) electrons. The number of carbonyl (C=O) groups is 2. The second-order valence-corrected chi connectivity index (χ2v) is 7.20. The molecule has 1 N–H and O–H groups in total. The summed E-state index contributed by atoms with van der Waals surface area (Å²) in [5, 5.41) is 3.61. The van der Waals surface area contributed by atoms with Gasteiger partial charge in [-0.2, -0.15) is 0 Å². The third kappa shape index (κ3) is 4.70. The first-order valence-corrected chi connectivity index (χ1v) is 9.16. The Morgan fingerprint density at radius 2 is 1.56 bits per heavy atom. The maximum absolute atomic E-state index is 13.7. The summed E-state index contributed by atoms with van der Waals surface area (Å²) < 4.78 is 13.7. The molecule has 2 aromatic rings. The molecule has 0 bridgehead atoms. The van der Waals surface area contributed by atoms with Crippen molar-refractivity contribution in [2.24, 2.45) is 0 Å². The number of nitrogens with one attached hydrogen (secondary N) is 1. The quantitative estimate of drug-likeness (QED) is 0.797. The maximum atomic E-state index is 13.7. The summed E-state index contributed by atoms with van der Waals surface area (Å²) in [5.41, 5.74) is 1.31. The first-order chi connectivity index (χ1) is 12.8. The van der Waals surface area contributed by atoms with E-state index < -0.39 is 5.82 Å². The summed E-state index contributed by atoms with van der Waals surface area (Å²) in [6.45, 7) is 3.14. The number of piperazine rings is 1. The van der Waals surface area contributed by atoms with Gasteiger partial charge in [-0.25, -0.2) is 9.18 Å². The molecule has 1 fully saturated rings. The van der Waals surface area contributed by atoms with Gasteiger partial charge in [-0.1, -0.05) is 29.3 Å². The molecule has 3 amide bonds. The van der Waals surface area contributed by atoms with Crippen LogP contribution in [-0.2, 0) is 0 Å². The van der Waals surface area contributed by atoms with Crippen LogP contribution < -0.4 is 5.32 Å². The lowest BCUT2D eigenvalue weighted by Crippen LogP contribution is -2.51. The second-order valence-electron chi connectivity index (χ2n) is 6.33. The van der Waals surface area contributed by atoms with E-state index in [1.165, 1.54) is 6.07 Å². The molecule has 142 valence electrons. The van der Waals surface area contributed by atoms with Gasteiger partial charge >= 0.3 is 6.03 Å². The molecule has 0 aliphatic carbocycles. The lowest BCUT2D eigenvalue weighted by atomic mass is 10.1. The minimum atomic E-state index is -0.404. The van der Waals surface area contributed by atoms with Gasteiger partial charge in [0.05, 0.1) is 0 Å². The number of amides is 3. The number of anilines is 1. The molecule has 0 saturated carbocycles. The zero-order valence-electron chi connectivity index (χ0n) is 14.6. The highest BCUT2D eigenvalue weighted by atomic mass is 35.5. The number of benzene rings is 2. The maximum Gasteiger partial charge on any atom is 0.321 e.